The predicted octanol–water partition coefficient (Wildman–Crippen LogP) is 1.85. The first-order chi connectivity index (χ1) is 13.7. The molecule has 1 saturated heterocycles. The van der Waals surface area contributed by atoms with Crippen LogP contribution in [-0.2, 0) is 16.1 Å². The van der Waals surface area contributed by atoms with Crippen molar-refractivity contribution in [2.24, 2.45) is 0 Å². The molecular formula is C22H26N3O2S+. The highest BCUT2D eigenvalue weighted by Gasteiger charge is 2.30. The summed E-state index contributed by atoms with van der Waals surface area (Å²) >= 11 is 1.48. The van der Waals surface area contributed by atoms with Crippen LogP contribution < -0.4 is 15.5 Å². The van der Waals surface area contributed by atoms with Crippen LogP contribution in [-0.4, -0.2) is 36.2 Å². The van der Waals surface area contributed by atoms with Crippen molar-refractivity contribution in [2.75, 3.05) is 18.4 Å². The van der Waals surface area contributed by atoms with E-state index in [1.807, 2.05) is 30.3 Å². The highest BCUT2D eigenvalue weighted by atomic mass is 32.2. The van der Waals surface area contributed by atoms with Gasteiger partial charge in [-0.05, 0) is 12.1 Å². The Hall–Kier alpha value is -2.31. The van der Waals surface area contributed by atoms with Gasteiger partial charge in [0.25, 0.3) is 0 Å². The first-order valence-electron chi connectivity index (χ1n) is 9.91. The van der Waals surface area contributed by atoms with Gasteiger partial charge in [0, 0.05) is 35.8 Å². The van der Waals surface area contributed by atoms with E-state index in [9.17, 15) is 9.59 Å². The van der Waals surface area contributed by atoms with Crippen molar-refractivity contribution in [3.63, 3.8) is 0 Å². The number of nitrogens with one attached hydrogen (secondary N) is 3. The van der Waals surface area contributed by atoms with Gasteiger partial charge in [-0.2, -0.15) is 0 Å². The van der Waals surface area contributed by atoms with Gasteiger partial charge in [-0.1, -0.05) is 42.5 Å². The standard InChI is InChI=1S/C22H25N3O2S/c26-21(14-20-22(27)24-18-8-4-5-9-19(18)28-20)23-17-10-12-25(13-11-17)15-16-6-2-1-3-7-16/h1-9,17,20H,10-15H2,(H,23,26)(H,24,27)/p+1/t20-/m1/s1. The van der Waals surface area contributed by atoms with Crippen molar-refractivity contribution >= 4 is 29.3 Å². The highest BCUT2D eigenvalue weighted by Crippen LogP contribution is 2.36. The molecule has 2 amide bonds. The third kappa shape index (κ3) is 4.75. The number of fused-ring (bicyclic) bond motifs is 1. The van der Waals surface area contributed by atoms with E-state index in [-0.39, 0.29) is 29.5 Å². The van der Waals surface area contributed by atoms with Crippen LogP contribution in [0.2, 0.25) is 0 Å². The number of hydrogen-bond acceptors (Lipinski definition) is 3. The second-order valence-electron chi connectivity index (χ2n) is 7.55. The number of hydrogen-bond donors (Lipinski definition) is 3. The zero-order chi connectivity index (χ0) is 19.3. The number of carbonyl (C=O) groups excluding carboxylic acids is 2. The van der Waals surface area contributed by atoms with Crippen molar-refractivity contribution in [3.8, 4) is 0 Å². The van der Waals surface area contributed by atoms with Crippen LogP contribution in [0.25, 0.3) is 0 Å². The van der Waals surface area contributed by atoms with Crippen LogP contribution in [0, 0.1) is 0 Å². The van der Waals surface area contributed by atoms with E-state index in [0.717, 1.165) is 43.1 Å². The zero-order valence-corrected chi connectivity index (χ0v) is 16.6. The molecule has 2 heterocycles. The fraction of sp³-hybridized carbons (Fsp3) is 0.364. The number of anilines is 1. The number of rotatable bonds is 5. The minimum atomic E-state index is -0.362. The molecule has 2 aromatic rings. The molecule has 0 aliphatic carbocycles. The molecule has 146 valence electrons. The molecule has 6 heteroatoms. The Morgan fingerprint density at radius 2 is 1.79 bits per heavy atom. The molecule has 4 rings (SSSR count). The van der Waals surface area contributed by atoms with Crippen molar-refractivity contribution in [1.82, 2.24) is 5.32 Å². The summed E-state index contributed by atoms with van der Waals surface area (Å²) in [6.45, 7) is 3.16. The van der Waals surface area contributed by atoms with Crippen LogP contribution >= 0.6 is 11.8 Å². The number of thioether (sulfide) groups is 1. The molecule has 3 N–H and O–H groups in total. The highest BCUT2D eigenvalue weighted by molar-refractivity contribution is 8.01. The summed E-state index contributed by atoms with van der Waals surface area (Å²) in [4.78, 5) is 27.4. The van der Waals surface area contributed by atoms with Crippen LogP contribution in [0.4, 0.5) is 5.69 Å². The van der Waals surface area contributed by atoms with Gasteiger partial charge in [-0.15, -0.1) is 11.8 Å². The summed E-state index contributed by atoms with van der Waals surface area (Å²) in [6, 6.07) is 18.5. The second kappa shape index (κ2) is 8.80. The summed E-state index contributed by atoms with van der Waals surface area (Å²) in [6.07, 6.45) is 2.20. The zero-order valence-electron chi connectivity index (χ0n) is 15.8. The molecule has 1 atom stereocenters. The normalized spacial score (nSPS) is 24.1. The Bertz CT molecular complexity index is 835. The molecule has 1 fully saturated rings. The van der Waals surface area contributed by atoms with E-state index in [2.05, 4.69) is 34.9 Å². The number of quaternary nitrogens is 1. The number of carbonyl (C=O) groups is 2. The number of likely N-dealkylation sites (tertiary alicyclic amines) is 1. The largest absolute Gasteiger partial charge is 0.353 e. The van der Waals surface area contributed by atoms with Crippen molar-refractivity contribution in [2.45, 2.75) is 42.0 Å². The van der Waals surface area contributed by atoms with Gasteiger partial charge in [-0.3, -0.25) is 9.59 Å². The van der Waals surface area contributed by atoms with Crippen molar-refractivity contribution in [3.05, 3.63) is 60.2 Å². The molecular weight excluding hydrogens is 370 g/mol. The quantitative estimate of drug-likeness (QED) is 0.723. The maximum Gasteiger partial charge on any atom is 0.238 e. The molecule has 0 bridgehead atoms. The first-order valence-corrected chi connectivity index (χ1v) is 10.8. The summed E-state index contributed by atoms with van der Waals surface area (Å²) in [7, 11) is 0. The van der Waals surface area contributed by atoms with E-state index in [1.165, 1.54) is 17.3 Å². The number of para-hydroxylation sites is 1. The Labute approximate surface area is 169 Å². The molecule has 2 aromatic carbocycles. The molecule has 0 aromatic heterocycles. The lowest BCUT2D eigenvalue weighted by Crippen LogP contribution is -3.12. The average molecular weight is 397 g/mol. The Balaban J connectivity index is 1.23. The van der Waals surface area contributed by atoms with Crippen LogP contribution in [0.1, 0.15) is 24.8 Å². The van der Waals surface area contributed by atoms with Gasteiger partial charge in [0.2, 0.25) is 11.8 Å². The van der Waals surface area contributed by atoms with Crippen LogP contribution in [0.5, 0.6) is 0 Å². The Kier molecular flexibility index (Phi) is 5.98. The van der Waals surface area contributed by atoms with E-state index in [1.54, 1.807) is 4.90 Å². The predicted molar refractivity (Wildman–Crippen MR) is 111 cm³/mol. The van der Waals surface area contributed by atoms with Crippen LogP contribution in [0.3, 0.4) is 0 Å². The molecule has 5 nitrogen and oxygen atoms in total. The molecule has 28 heavy (non-hydrogen) atoms. The topological polar surface area (TPSA) is 62.6 Å². The fourth-order valence-electron chi connectivity index (χ4n) is 3.91. The smallest absolute Gasteiger partial charge is 0.238 e. The van der Waals surface area contributed by atoms with E-state index in [4.69, 9.17) is 0 Å². The lowest BCUT2D eigenvalue weighted by atomic mass is 10.0. The van der Waals surface area contributed by atoms with E-state index in [0.29, 0.717) is 0 Å². The minimum Gasteiger partial charge on any atom is -0.353 e. The third-order valence-electron chi connectivity index (χ3n) is 5.43. The maximum atomic E-state index is 12.5. The SMILES string of the molecule is O=C(C[C@H]1Sc2ccccc2NC1=O)NC1CC[NH+](Cc2ccccc2)CC1. The Morgan fingerprint density at radius 1 is 1.07 bits per heavy atom. The van der Waals surface area contributed by atoms with Gasteiger partial charge in [0.15, 0.2) is 0 Å². The summed E-state index contributed by atoms with van der Waals surface area (Å²) in [5.41, 5.74) is 2.20. The monoisotopic (exact) mass is 396 g/mol. The molecule has 2 aliphatic heterocycles. The van der Waals surface area contributed by atoms with E-state index >= 15 is 0 Å². The second-order valence-corrected chi connectivity index (χ2v) is 8.79. The Morgan fingerprint density at radius 3 is 2.57 bits per heavy atom. The van der Waals surface area contributed by atoms with Gasteiger partial charge in [0.1, 0.15) is 6.54 Å². The fourth-order valence-corrected chi connectivity index (χ4v) is 5.02. The molecule has 0 unspecified atom stereocenters. The number of amides is 2. The van der Waals surface area contributed by atoms with Crippen LogP contribution in [0.15, 0.2) is 59.5 Å². The average Bonchev–Trinajstić information content (AvgIpc) is 2.71. The summed E-state index contributed by atoms with van der Waals surface area (Å²) < 4.78 is 0. The lowest BCUT2D eigenvalue weighted by Gasteiger charge is -2.30. The van der Waals surface area contributed by atoms with Crippen molar-refractivity contribution in [1.29, 1.82) is 0 Å². The van der Waals surface area contributed by atoms with Crippen molar-refractivity contribution < 1.29 is 14.5 Å². The molecule has 2 aliphatic rings. The number of benzene rings is 2. The van der Waals surface area contributed by atoms with E-state index < -0.39 is 0 Å². The maximum absolute atomic E-state index is 12.5. The molecule has 0 saturated carbocycles. The summed E-state index contributed by atoms with van der Waals surface area (Å²) in [5.74, 6) is -0.107. The molecule has 0 spiro atoms. The summed E-state index contributed by atoms with van der Waals surface area (Å²) in [5, 5.41) is 5.69. The van der Waals surface area contributed by atoms with Gasteiger partial charge in [0.05, 0.1) is 24.0 Å². The lowest BCUT2D eigenvalue weighted by molar-refractivity contribution is -0.918. The molecule has 0 radical (unpaired) electrons. The van der Waals surface area contributed by atoms with Gasteiger partial charge in [-0.25, -0.2) is 0 Å². The van der Waals surface area contributed by atoms with Gasteiger partial charge < -0.3 is 15.5 Å². The number of piperidine rings is 1. The first kappa shape index (κ1) is 19.0. The third-order valence-corrected chi connectivity index (χ3v) is 6.71. The van der Waals surface area contributed by atoms with Gasteiger partial charge >= 0.3 is 0 Å². The minimum absolute atomic E-state index is 0.0245.